The van der Waals surface area contributed by atoms with Gasteiger partial charge >= 0.3 is 0 Å². The average molecular weight is 449 g/mol. The molecule has 0 N–H and O–H groups in total. The van der Waals surface area contributed by atoms with Gasteiger partial charge in [0, 0.05) is 0 Å². The van der Waals surface area contributed by atoms with Crippen LogP contribution in [0, 0.1) is 41.1 Å². The molecule has 0 aromatic heterocycles. The van der Waals surface area contributed by atoms with Gasteiger partial charge in [0.2, 0.25) is 0 Å². The SMILES string of the molecule is CCC/C=C/CCCC[C@H]1CC[C@H]([C@H]2CC[C@H](CCc3cc(F)c(F)c(F)c3)CC2)CC1. The van der Waals surface area contributed by atoms with E-state index in [1.54, 1.807) is 0 Å². The van der Waals surface area contributed by atoms with E-state index in [4.69, 9.17) is 0 Å². The van der Waals surface area contributed by atoms with E-state index in [0.717, 1.165) is 36.3 Å². The van der Waals surface area contributed by atoms with Crippen LogP contribution < -0.4 is 0 Å². The highest BCUT2D eigenvalue weighted by Gasteiger charge is 2.30. The minimum atomic E-state index is -1.36. The molecule has 1 aromatic carbocycles. The molecule has 2 fully saturated rings. The van der Waals surface area contributed by atoms with E-state index in [2.05, 4.69) is 19.1 Å². The van der Waals surface area contributed by atoms with E-state index < -0.39 is 17.5 Å². The molecule has 0 aliphatic heterocycles. The zero-order valence-electron chi connectivity index (χ0n) is 20.1. The van der Waals surface area contributed by atoms with Crippen LogP contribution in [0.4, 0.5) is 13.2 Å². The third-order valence-corrected chi connectivity index (χ3v) is 8.19. The highest BCUT2D eigenvalue weighted by atomic mass is 19.2. The van der Waals surface area contributed by atoms with Crippen LogP contribution in [-0.4, -0.2) is 0 Å². The van der Waals surface area contributed by atoms with Gasteiger partial charge in [0.05, 0.1) is 0 Å². The third-order valence-electron chi connectivity index (χ3n) is 8.19. The van der Waals surface area contributed by atoms with Crippen LogP contribution in [0.15, 0.2) is 24.3 Å². The molecule has 0 radical (unpaired) electrons. The summed E-state index contributed by atoms with van der Waals surface area (Å²) in [5.74, 6) is -0.0836. The number of benzene rings is 1. The van der Waals surface area contributed by atoms with Crippen molar-refractivity contribution in [2.45, 2.75) is 110 Å². The maximum atomic E-state index is 13.4. The van der Waals surface area contributed by atoms with Gasteiger partial charge < -0.3 is 0 Å². The van der Waals surface area contributed by atoms with Crippen molar-refractivity contribution in [3.05, 3.63) is 47.3 Å². The molecule has 0 nitrogen and oxygen atoms in total. The molecule has 2 aliphatic carbocycles. The van der Waals surface area contributed by atoms with Crippen LogP contribution in [-0.2, 0) is 6.42 Å². The van der Waals surface area contributed by atoms with Gasteiger partial charge in [-0.25, -0.2) is 13.2 Å². The first kappa shape index (κ1) is 25.4. The van der Waals surface area contributed by atoms with Gasteiger partial charge in [-0.3, -0.25) is 0 Å². The predicted octanol–water partition coefficient (Wildman–Crippen LogP) is 9.57. The fraction of sp³-hybridized carbons (Fsp3) is 0.724. The standard InChI is InChI=1S/C29H43F3/c1-2-3-4-5-6-7-8-9-22-12-16-25(17-13-22)26-18-14-23(15-19-26)10-11-24-20-27(30)29(32)28(31)21-24/h4-5,20-23,25-26H,2-3,6-19H2,1H3/b5-4+/t22-,23-,25-,26-. The fourth-order valence-electron chi connectivity index (χ4n) is 6.12. The Kier molecular flexibility index (Phi) is 10.7. The summed E-state index contributed by atoms with van der Waals surface area (Å²) in [6.45, 7) is 2.23. The molecule has 0 amide bonds. The van der Waals surface area contributed by atoms with E-state index in [1.165, 1.54) is 89.9 Å². The van der Waals surface area contributed by atoms with Crippen molar-refractivity contribution in [1.29, 1.82) is 0 Å². The quantitative estimate of drug-likeness (QED) is 0.180. The summed E-state index contributed by atoms with van der Waals surface area (Å²) in [6, 6.07) is 2.32. The van der Waals surface area contributed by atoms with Crippen molar-refractivity contribution in [1.82, 2.24) is 0 Å². The second-order valence-corrected chi connectivity index (χ2v) is 10.5. The van der Waals surface area contributed by atoms with Gasteiger partial charge in [0.1, 0.15) is 0 Å². The lowest BCUT2D eigenvalue weighted by molar-refractivity contribution is 0.140. The highest BCUT2D eigenvalue weighted by molar-refractivity contribution is 5.19. The maximum absolute atomic E-state index is 13.4. The van der Waals surface area contributed by atoms with E-state index in [-0.39, 0.29) is 0 Å². The van der Waals surface area contributed by atoms with Crippen molar-refractivity contribution in [3.8, 4) is 0 Å². The Morgan fingerprint density at radius 1 is 0.719 bits per heavy atom. The molecule has 1 aromatic rings. The number of allylic oxidation sites excluding steroid dienone is 2. The zero-order valence-corrected chi connectivity index (χ0v) is 20.1. The van der Waals surface area contributed by atoms with Crippen LogP contribution in [0.2, 0.25) is 0 Å². The molecule has 0 bridgehead atoms. The molecule has 2 saturated carbocycles. The summed E-state index contributed by atoms with van der Waals surface area (Å²) in [5.41, 5.74) is 0.582. The Hall–Kier alpha value is -1.25. The second-order valence-electron chi connectivity index (χ2n) is 10.5. The fourth-order valence-corrected chi connectivity index (χ4v) is 6.12. The van der Waals surface area contributed by atoms with Crippen molar-refractivity contribution in [3.63, 3.8) is 0 Å². The molecule has 0 saturated heterocycles. The van der Waals surface area contributed by atoms with Crippen LogP contribution in [0.25, 0.3) is 0 Å². The Balaban J connectivity index is 1.28. The summed E-state index contributed by atoms with van der Waals surface area (Å²) in [7, 11) is 0. The van der Waals surface area contributed by atoms with Crippen LogP contribution in [0.5, 0.6) is 0 Å². The Morgan fingerprint density at radius 3 is 1.81 bits per heavy atom. The number of halogens is 3. The molecule has 3 rings (SSSR count). The maximum Gasteiger partial charge on any atom is 0.194 e. The molecule has 0 spiro atoms. The van der Waals surface area contributed by atoms with Gasteiger partial charge in [0.15, 0.2) is 17.5 Å². The Labute approximate surface area is 194 Å². The van der Waals surface area contributed by atoms with Crippen molar-refractivity contribution < 1.29 is 13.2 Å². The smallest absolute Gasteiger partial charge is 0.194 e. The molecule has 0 unspecified atom stereocenters. The largest absolute Gasteiger partial charge is 0.204 e. The highest BCUT2D eigenvalue weighted by Crippen LogP contribution is 2.43. The summed E-state index contributed by atoms with van der Waals surface area (Å²) in [6.07, 6.45) is 25.0. The first-order valence-corrected chi connectivity index (χ1v) is 13.3. The molecular formula is C29H43F3. The van der Waals surface area contributed by atoms with E-state index >= 15 is 0 Å². The van der Waals surface area contributed by atoms with E-state index in [9.17, 15) is 13.2 Å². The first-order chi connectivity index (χ1) is 15.6. The van der Waals surface area contributed by atoms with Gasteiger partial charge in [-0.05, 0) is 99.2 Å². The first-order valence-electron chi connectivity index (χ1n) is 13.3. The monoisotopic (exact) mass is 448 g/mol. The minimum Gasteiger partial charge on any atom is -0.204 e. The number of unbranched alkanes of at least 4 members (excludes halogenated alkanes) is 3. The molecule has 0 atom stereocenters. The summed E-state index contributed by atoms with van der Waals surface area (Å²) in [4.78, 5) is 0. The number of hydrogen-bond donors (Lipinski definition) is 0. The Bertz CT molecular complexity index is 671. The van der Waals surface area contributed by atoms with Crippen LogP contribution in [0.1, 0.15) is 109 Å². The number of rotatable bonds is 11. The van der Waals surface area contributed by atoms with Crippen molar-refractivity contribution in [2.75, 3.05) is 0 Å². The van der Waals surface area contributed by atoms with Gasteiger partial charge in [0.25, 0.3) is 0 Å². The second kappa shape index (κ2) is 13.5. The van der Waals surface area contributed by atoms with Crippen molar-refractivity contribution in [2.24, 2.45) is 23.7 Å². The van der Waals surface area contributed by atoms with Crippen molar-refractivity contribution >= 4 is 0 Å². The van der Waals surface area contributed by atoms with Gasteiger partial charge in [-0.15, -0.1) is 0 Å². The lowest BCUT2D eigenvalue weighted by atomic mass is 9.68. The van der Waals surface area contributed by atoms with Gasteiger partial charge in [-0.2, -0.15) is 0 Å². The summed E-state index contributed by atoms with van der Waals surface area (Å²) in [5, 5.41) is 0. The lowest BCUT2D eigenvalue weighted by Gasteiger charge is -2.38. The molecule has 0 heterocycles. The zero-order chi connectivity index (χ0) is 22.8. The molecular weight excluding hydrogens is 405 g/mol. The minimum absolute atomic E-state index is 0.582. The van der Waals surface area contributed by atoms with Gasteiger partial charge in [-0.1, -0.05) is 64.0 Å². The predicted molar refractivity (Wildman–Crippen MR) is 128 cm³/mol. The summed E-state index contributed by atoms with van der Waals surface area (Å²) >= 11 is 0. The lowest BCUT2D eigenvalue weighted by Crippen LogP contribution is -2.26. The third kappa shape index (κ3) is 7.96. The van der Waals surface area contributed by atoms with Crippen LogP contribution in [0.3, 0.4) is 0 Å². The molecule has 3 heteroatoms. The van der Waals surface area contributed by atoms with Crippen LogP contribution >= 0.6 is 0 Å². The average Bonchev–Trinajstić information content (AvgIpc) is 2.81. The number of hydrogen-bond acceptors (Lipinski definition) is 0. The number of aryl methyl sites for hydroxylation is 1. The summed E-state index contributed by atoms with van der Waals surface area (Å²) < 4.78 is 40.0. The normalized spacial score (nSPS) is 26.6. The molecule has 2 aliphatic rings. The Morgan fingerprint density at radius 2 is 1.25 bits per heavy atom. The topological polar surface area (TPSA) is 0 Å². The molecule has 180 valence electrons. The molecule has 32 heavy (non-hydrogen) atoms. The van der Waals surface area contributed by atoms with E-state index in [0.29, 0.717) is 17.9 Å². The van der Waals surface area contributed by atoms with E-state index in [1.807, 2.05) is 0 Å².